The molecular formula is C14H19N3OS. The molecule has 5 heteroatoms. The first kappa shape index (κ1) is 12.8. The zero-order valence-corrected chi connectivity index (χ0v) is 12.2. The summed E-state index contributed by atoms with van der Waals surface area (Å²) in [5.41, 5.74) is 0. The molecule has 2 unspecified atom stereocenters. The van der Waals surface area contributed by atoms with E-state index >= 15 is 0 Å². The van der Waals surface area contributed by atoms with E-state index in [0.717, 1.165) is 22.5 Å². The standard InChI is InChI=1S/C14H19N3OS/c1-9-7-10-13(16-8-17-14(10)19-9)18-12-6-4-3-5-11(12)15-2/h7-8,11-12,15H,3-6H2,1-2H3. The van der Waals surface area contributed by atoms with Crippen LogP contribution in [0.1, 0.15) is 30.6 Å². The number of thiophene rings is 1. The predicted octanol–water partition coefficient (Wildman–Crippen LogP) is 2.91. The third kappa shape index (κ3) is 2.58. The molecule has 0 aromatic carbocycles. The van der Waals surface area contributed by atoms with Gasteiger partial charge < -0.3 is 10.1 Å². The second-order valence-corrected chi connectivity index (χ2v) is 6.33. The maximum atomic E-state index is 6.18. The second kappa shape index (κ2) is 5.43. The monoisotopic (exact) mass is 277 g/mol. The van der Waals surface area contributed by atoms with Crippen molar-refractivity contribution in [3.8, 4) is 5.88 Å². The van der Waals surface area contributed by atoms with Crippen LogP contribution in [-0.2, 0) is 0 Å². The zero-order valence-electron chi connectivity index (χ0n) is 11.3. The van der Waals surface area contributed by atoms with Crippen LogP contribution in [0.4, 0.5) is 0 Å². The van der Waals surface area contributed by atoms with E-state index in [2.05, 4.69) is 28.3 Å². The van der Waals surface area contributed by atoms with Gasteiger partial charge in [-0.05, 0) is 39.3 Å². The minimum absolute atomic E-state index is 0.219. The van der Waals surface area contributed by atoms with Gasteiger partial charge in [0.1, 0.15) is 17.3 Å². The fourth-order valence-electron chi connectivity index (χ4n) is 2.76. The molecule has 3 rings (SSSR count). The van der Waals surface area contributed by atoms with Crippen molar-refractivity contribution in [3.05, 3.63) is 17.3 Å². The minimum Gasteiger partial charge on any atom is -0.472 e. The summed E-state index contributed by atoms with van der Waals surface area (Å²) in [6.45, 7) is 2.09. The molecule has 2 heterocycles. The number of likely N-dealkylation sites (N-methyl/N-ethyl adjacent to an activating group) is 1. The number of nitrogens with one attached hydrogen (secondary N) is 1. The normalized spacial score (nSPS) is 23.7. The van der Waals surface area contributed by atoms with Crippen LogP contribution in [0.5, 0.6) is 5.88 Å². The highest BCUT2D eigenvalue weighted by molar-refractivity contribution is 7.18. The Morgan fingerprint density at radius 3 is 3.00 bits per heavy atom. The lowest BCUT2D eigenvalue weighted by Gasteiger charge is -2.31. The van der Waals surface area contributed by atoms with Gasteiger partial charge in [-0.2, -0.15) is 0 Å². The Labute approximate surface area is 117 Å². The highest BCUT2D eigenvalue weighted by Crippen LogP contribution is 2.31. The SMILES string of the molecule is CNC1CCCCC1Oc1ncnc2sc(C)cc12. The van der Waals surface area contributed by atoms with E-state index in [-0.39, 0.29) is 6.10 Å². The van der Waals surface area contributed by atoms with Crippen molar-refractivity contribution in [3.63, 3.8) is 0 Å². The summed E-state index contributed by atoms with van der Waals surface area (Å²) in [7, 11) is 2.01. The van der Waals surface area contributed by atoms with Gasteiger partial charge in [0.25, 0.3) is 0 Å². The van der Waals surface area contributed by atoms with Gasteiger partial charge in [-0.25, -0.2) is 9.97 Å². The third-order valence-electron chi connectivity index (χ3n) is 3.75. The molecule has 0 amide bonds. The van der Waals surface area contributed by atoms with Crippen LogP contribution < -0.4 is 10.1 Å². The Balaban J connectivity index is 1.87. The highest BCUT2D eigenvalue weighted by atomic mass is 32.1. The first-order valence-corrected chi connectivity index (χ1v) is 7.64. The van der Waals surface area contributed by atoms with Crippen LogP contribution >= 0.6 is 11.3 Å². The maximum Gasteiger partial charge on any atom is 0.225 e. The Kier molecular flexibility index (Phi) is 3.66. The van der Waals surface area contributed by atoms with Crippen LogP contribution in [0.25, 0.3) is 10.2 Å². The average molecular weight is 277 g/mol. The molecule has 1 saturated carbocycles. The molecule has 19 heavy (non-hydrogen) atoms. The molecular weight excluding hydrogens is 258 g/mol. The van der Waals surface area contributed by atoms with E-state index in [0.29, 0.717) is 6.04 Å². The third-order valence-corrected chi connectivity index (χ3v) is 4.71. The molecule has 2 aromatic rings. The van der Waals surface area contributed by atoms with Crippen molar-refractivity contribution >= 4 is 21.6 Å². The lowest BCUT2D eigenvalue weighted by atomic mass is 9.92. The number of aromatic nitrogens is 2. The summed E-state index contributed by atoms with van der Waals surface area (Å²) >= 11 is 1.69. The van der Waals surface area contributed by atoms with E-state index in [1.54, 1.807) is 17.7 Å². The molecule has 2 aromatic heterocycles. The van der Waals surface area contributed by atoms with E-state index < -0.39 is 0 Å². The minimum atomic E-state index is 0.219. The molecule has 102 valence electrons. The van der Waals surface area contributed by atoms with Gasteiger partial charge in [-0.15, -0.1) is 11.3 Å². The molecule has 1 aliphatic rings. The quantitative estimate of drug-likeness (QED) is 0.937. The molecule has 0 bridgehead atoms. The van der Waals surface area contributed by atoms with E-state index in [4.69, 9.17) is 4.74 Å². The van der Waals surface area contributed by atoms with Crippen molar-refractivity contribution in [2.45, 2.75) is 44.8 Å². The lowest BCUT2D eigenvalue weighted by molar-refractivity contribution is 0.114. The Morgan fingerprint density at radius 2 is 2.16 bits per heavy atom. The average Bonchev–Trinajstić information content (AvgIpc) is 2.81. The molecule has 4 nitrogen and oxygen atoms in total. The van der Waals surface area contributed by atoms with Gasteiger partial charge in [-0.1, -0.05) is 6.42 Å². The first-order valence-electron chi connectivity index (χ1n) is 6.83. The van der Waals surface area contributed by atoms with Gasteiger partial charge in [0, 0.05) is 10.9 Å². The maximum absolute atomic E-state index is 6.18. The number of fused-ring (bicyclic) bond motifs is 1. The molecule has 1 N–H and O–H groups in total. The number of hydrogen-bond donors (Lipinski definition) is 1. The smallest absolute Gasteiger partial charge is 0.225 e. The van der Waals surface area contributed by atoms with Gasteiger partial charge >= 0.3 is 0 Å². The fourth-order valence-corrected chi connectivity index (χ4v) is 3.60. The first-order chi connectivity index (χ1) is 9.28. The Hall–Kier alpha value is -1.20. The van der Waals surface area contributed by atoms with Crippen LogP contribution in [0.15, 0.2) is 12.4 Å². The van der Waals surface area contributed by atoms with Crippen LogP contribution in [0, 0.1) is 6.92 Å². The molecule has 1 aliphatic carbocycles. The van der Waals surface area contributed by atoms with Gasteiger partial charge in [-0.3, -0.25) is 0 Å². The molecule has 2 atom stereocenters. The van der Waals surface area contributed by atoms with Crippen molar-refractivity contribution in [2.24, 2.45) is 0 Å². The number of aryl methyl sites for hydroxylation is 1. The predicted molar refractivity (Wildman–Crippen MR) is 77.9 cm³/mol. The Bertz CT molecular complexity index is 569. The van der Waals surface area contributed by atoms with Gasteiger partial charge in [0.05, 0.1) is 5.39 Å². The Morgan fingerprint density at radius 1 is 1.32 bits per heavy atom. The number of nitrogens with zero attached hydrogens (tertiary/aromatic N) is 2. The molecule has 1 fully saturated rings. The van der Waals surface area contributed by atoms with Gasteiger partial charge in [0.2, 0.25) is 5.88 Å². The summed E-state index contributed by atoms with van der Waals surface area (Å²) in [5.74, 6) is 0.738. The summed E-state index contributed by atoms with van der Waals surface area (Å²) in [6.07, 6.45) is 6.61. The second-order valence-electron chi connectivity index (χ2n) is 5.09. The van der Waals surface area contributed by atoms with Crippen molar-refractivity contribution in [2.75, 3.05) is 7.05 Å². The van der Waals surface area contributed by atoms with E-state index in [1.807, 2.05) is 7.05 Å². The summed E-state index contributed by atoms with van der Waals surface area (Å²) in [5, 5.41) is 4.41. The van der Waals surface area contributed by atoms with Gasteiger partial charge in [0.15, 0.2) is 0 Å². The summed E-state index contributed by atoms with van der Waals surface area (Å²) in [4.78, 5) is 10.9. The molecule has 0 aliphatic heterocycles. The lowest BCUT2D eigenvalue weighted by Crippen LogP contribution is -2.43. The van der Waals surface area contributed by atoms with Crippen LogP contribution in [0.3, 0.4) is 0 Å². The van der Waals surface area contributed by atoms with Crippen LogP contribution in [0.2, 0.25) is 0 Å². The zero-order chi connectivity index (χ0) is 13.2. The van der Waals surface area contributed by atoms with E-state index in [1.165, 1.54) is 24.1 Å². The molecule has 0 radical (unpaired) electrons. The number of rotatable bonds is 3. The number of ether oxygens (including phenoxy) is 1. The topological polar surface area (TPSA) is 47.0 Å². The highest BCUT2D eigenvalue weighted by Gasteiger charge is 2.26. The fraction of sp³-hybridized carbons (Fsp3) is 0.571. The van der Waals surface area contributed by atoms with Crippen molar-refractivity contribution in [1.29, 1.82) is 0 Å². The molecule has 0 saturated heterocycles. The summed E-state index contributed by atoms with van der Waals surface area (Å²) in [6, 6.07) is 2.55. The summed E-state index contributed by atoms with van der Waals surface area (Å²) < 4.78 is 6.18. The largest absolute Gasteiger partial charge is 0.472 e. The van der Waals surface area contributed by atoms with E-state index in [9.17, 15) is 0 Å². The van der Waals surface area contributed by atoms with Crippen molar-refractivity contribution < 1.29 is 4.74 Å². The van der Waals surface area contributed by atoms with Crippen molar-refractivity contribution in [1.82, 2.24) is 15.3 Å². The number of hydrogen-bond acceptors (Lipinski definition) is 5. The van der Waals surface area contributed by atoms with Crippen LogP contribution in [-0.4, -0.2) is 29.2 Å². The molecule has 0 spiro atoms.